The van der Waals surface area contributed by atoms with Crippen molar-refractivity contribution in [1.82, 2.24) is 4.98 Å². The summed E-state index contributed by atoms with van der Waals surface area (Å²) in [5.41, 5.74) is 1.65. The van der Waals surface area contributed by atoms with Crippen LogP contribution in [0.1, 0.15) is 10.8 Å². The number of aromatic nitrogens is 1. The molecular weight excluding hydrogens is 430 g/mol. The van der Waals surface area contributed by atoms with E-state index >= 15 is 0 Å². The molecule has 0 atom stereocenters. The van der Waals surface area contributed by atoms with Gasteiger partial charge in [0.2, 0.25) is 0 Å². The van der Waals surface area contributed by atoms with Gasteiger partial charge in [-0.25, -0.2) is 4.98 Å². The van der Waals surface area contributed by atoms with E-state index in [4.69, 9.17) is 16.0 Å². The number of thiophene rings is 1. The number of hydrogen-bond acceptors (Lipinski definition) is 7. The maximum absolute atomic E-state index is 10.9. The van der Waals surface area contributed by atoms with Gasteiger partial charge in [-0.15, -0.1) is 22.7 Å². The second kappa shape index (κ2) is 8.01. The summed E-state index contributed by atoms with van der Waals surface area (Å²) in [7, 11) is 0. The van der Waals surface area contributed by atoms with Crippen molar-refractivity contribution < 1.29 is 9.34 Å². The first kappa shape index (κ1) is 19.1. The van der Waals surface area contributed by atoms with Crippen LogP contribution >= 0.6 is 34.3 Å². The fourth-order valence-corrected chi connectivity index (χ4v) is 4.43. The number of rotatable bonds is 5. The molecule has 3 aromatic heterocycles. The summed E-state index contributed by atoms with van der Waals surface area (Å²) in [6, 6.07) is 13.7. The first-order valence-electron chi connectivity index (χ1n) is 8.21. The van der Waals surface area contributed by atoms with E-state index in [-0.39, 0.29) is 10.7 Å². The number of hydrogen-bond donors (Lipinski definition) is 0. The molecule has 0 saturated carbocycles. The van der Waals surface area contributed by atoms with E-state index in [1.165, 1.54) is 29.5 Å². The molecule has 0 aliphatic heterocycles. The van der Waals surface area contributed by atoms with Crippen LogP contribution in [0.3, 0.4) is 0 Å². The monoisotopic (exact) mass is 439 g/mol. The van der Waals surface area contributed by atoms with Gasteiger partial charge in [0.1, 0.15) is 22.6 Å². The van der Waals surface area contributed by atoms with Crippen molar-refractivity contribution in [3.05, 3.63) is 79.1 Å². The lowest BCUT2D eigenvalue weighted by Crippen LogP contribution is -1.88. The second-order valence-corrected chi connectivity index (χ2v) is 8.02. The van der Waals surface area contributed by atoms with Gasteiger partial charge in [-0.1, -0.05) is 17.7 Å². The maximum Gasteiger partial charge on any atom is 0.270 e. The van der Waals surface area contributed by atoms with E-state index < -0.39 is 4.92 Å². The number of nitriles is 1. The highest BCUT2D eigenvalue weighted by molar-refractivity contribution is 7.14. The highest BCUT2D eigenvalue weighted by Gasteiger charge is 2.14. The number of nitrogens with zero attached hydrogens (tertiary/aromatic N) is 3. The molecule has 0 aliphatic carbocycles. The average Bonchev–Trinajstić information content (AvgIpc) is 3.46. The van der Waals surface area contributed by atoms with Gasteiger partial charge < -0.3 is 4.42 Å². The molecule has 0 unspecified atom stereocenters. The van der Waals surface area contributed by atoms with E-state index in [0.717, 1.165) is 10.6 Å². The Kier molecular flexibility index (Phi) is 5.27. The average molecular weight is 440 g/mol. The van der Waals surface area contributed by atoms with Gasteiger partial charge in [0, 0.05) is 29.2 Å². The molecule has 0 radical (unpaired) electrons. The Hall–Kier alpha value is -3.25. The van der Waals surface area contributed by atoms with Crippen LogP contribution < -0.4 is 0 Å². The van der Waals surface area contributed by atoms with Crippen LogP contribution in [-0.2, 0) is 0 Å². The zero-order valence-electron chi connectivity index (χ0n) is 14.5. The molecule has 3 heterocycles. The van der Waals surface area contributed by atoms with Crippen molar-refractivity contribution in [2.24, 2.45) is 0 Å². The van der Waals surface area contributed by atoms with Gasteiger partial charge in [0.15, 0.2) is 0 Å². The molecule has 0 saturated heterocycles. The zero-order chi connectivity index (χ0) is 20.4. The number of halogens is 1. The third kappa shape index (κ3) is 3.98. The predicted octanol–water partition coefficient (Wildman–Crippen LogP) is 6.76. The lowest BCUT2D eigenvalue weighted by molar-refractivity contribution is -0.384. The molecule has 0 spiro atoms. The third-order valence-electron chi connectivity index (χ3n) is 3.97. The van der Waals surface area contributed by atoms with E-state index in [2.05, 4.69) is 11.1 Å². The van der Waals surface area contributed by atoms with Crippen LogP contribution in [0.2, 0.25) is 5.02 Å². The smallest absolute Gasteiger partial charge is 0.270 e. The number of furan rings is 1. The fraction of sp³-hybridized carbons (Fsp3) is 0. The Bertz CT molecular complexity index is 1270. The normalized spacial score (nSPS) is 11.4. The number of non-ortho nitro benzene ring substituents is 1. The van der Waals surface area contributed by atoms with Crippen molar-refractivity contribution >= 4 is 51.6 Å². The lowest BCUT2D eigenvalue weighted by atomic mass is 10.1. The summed E-state index contributed by atoms with van der Waals surface area (Å²) < 4.78 is 5.78. The van der Waals surface area contributed by atoms with Crippen molar-refractivity contribution in [3.8, 4) is 28.0 Å². The van der Waals surface area contributed by atoms with E-state index in [1.54, 1.807) is 29.5 Å². The van der Waals surface area contributed by atoms with Crippen LogP contribution in [0, 0.1) is 21.4 Å². The molecule has 9 heteroatoms. The van der Waals surface area contributed by atoms with Crippen LogP contribution in [-0.4, -0.2) is 9.91 Å². The quantitative estimate of drug-likeness (QED) is 0.194. The summed E-state index contributed by atoms with van der Waals surface area (Å²) >= 11 is 9.13. The van der Waals surface area contributed by atoms with E-state index in [1.807, 2.05) is 22.9 Å². The molecule has 6 nitrogen and oxygen atoms in total. The molecule has 0 bridgehead atoms. The van der Waals surface area contributed by atoms with Gasteiger partial charge in [-0.3, -0.25) is 10.1 Å². The molecule has 29 heavy (non-hydrogen) atoms. The second-order valence-electron chi connectivity index (χ2n) is 5.81. The highest BCUT2D eigenvalue weighted by atomic mass is 35.5. The fourth-order valence-electron chi connectivity index (χ4n) is 2.61. The molecule has 142 valence electrons. The summed E-state index contributed by atoms with van der Waals surface area (Å²) in [6.45, 7) is 0. The van der Waals surface area contributed by atoms with Crippen LogP contribution in [0.15, 0.2) is 57.6 Å². The van der Waals surface area contributed by atoms with Gasteiger partial charge in [0.25, 0.3) is 5.69 Å². The molecule has 4 rings (SSSR count). The molecule has 0 amide bonds. The number of benzene rings is 1. The summed E-state index contributed by atoms with van der Waals surface area (Å²) in [5, 5.41) is 25.1. The van der Waals surface area contributed by atoms with Gasteiger partial charge in [-0.05, 0) is 29.6 Å². The maximum atomic E-state index is 10.9. The number of allylic oxidation sites excluding steroid dienone is 1. The van der Waals surface area contributed by atoms with Crippen LogP contribution in [0.5, 0.6) is 0 Å². The predicted molar refractivity (Wildman–Crippen MR) is 115 cm³/mol. The van der Waals surface area contributed by atoms with Crippen molar-refractivity contribution in [2.45, 2.75) is 0 Å². The van der Waals surface area contributed by atoms with Gasteiger partial charge in [-0.2, -0.15) is 5.26 Å². The Morgan fingerprint density at radius 2 is 2.14 bits per heavy atom. The number of thiazole rings is 1. The van der Waals surface area contributed by atoms with Crippen molar-refractivity contribution in [3.63, 3.8) is 0 Å². The number of nitro groups is 1. The van der Waals surface area contributed by atoms with Crippen molar-refractivity contribution in [1.29, 1.82) is 5.26 Å². The summed E-state index contributed by atoms with van der Waals surface area (Å²) in [5.74, 6) is 0.908. The molecule has 4 aromatic rings. The van der Waals surface area contributed by atoms with Crippen LogP contribution in [0.25, 0.3) is 33.5 Å². The third-order valence-corrected chi connectivity index (χ3v) is 6.05. The largest absolute Gasteiger partial charge is 0.457 e. The standard InChI is InChI=1S/C20H10ClN3O3S2/c21-16-9-13(24(25)26)3-5-15(16)18-6-4-14(27-18)8-12(10-22)20-23-17(11-29-20)19-2-1-7-28-19/h1-9,11H. The Labute approximate surface area is 178 Å². The SMILES string of the molecule is N#CC(=Cc1ccc(-c2ccc([N+](=O)[O-])cc2Cl)o1)c1nc(-c2cccs2)cs1. The van der Waals surface area contributed by atoms with Crippen molar-refractivity contribution in [2.75, 3.05) is 0 Å². The van der Waals surface area contributed by atoms with Crippen LogP contribution in [0.4, 0.5) is 5.69 Å². The van der Waals surface area contributed by atoms with Gasteiger partial charge in [0.05, 0.1) is 26.1 Å². The van der Waals surface area contributed by atoms with E-state index in [0.29, 0.717) is 27.7 Å². The molecule has 0 N–H and O–H groups in total. The molecule has 1 aromatic carbocycles. The first-order chi connectivity index (χ1) is 14.0. The topological polar surface area (TPSA) is 93.0 Å². The number of nitro benzene ring substituents is 1. The highest BCUT2D eigenvalue weighted by Crippen LogP contribution is 2.34. The lowest BCUT2D eigenvalue weighted by Gasteiger charge is -2.00. The molecular formula is C20H10ClN3O3S2. The Morgan fingerprint density at radius 1 is 1.28 bits per heavy atom. The molecule has 0 aliphatic rings. The minimum atomic E-state index is -0.510. The van der Waals surface area contributed by atoms with E-state index in [9.17, 15) is 15.4 Å². The zero-order valence-corrected chi connectivity index (χ0v) is 16.9. The minimum absolute atomic E-state index is 0.0949. The summed E-state index contributed by atoms with van der Waals surface area (Å²) in [4.78, 5) is 15.9. The van der Waals surface area contributed by atoms with Gasteiger partial charge >= 0.3 is 0 Å². The minimum Gasteiger partial charge on any atom is -0.457 e. The Morgan fingerprint density at radius 3 is 2.83 bits per heavy atom. The Balaban J connectivity index is 1.63. The summed E-state index contributed by atoms with van der Waals surface area (Å²) in [6.07, 6.45) is 1.61. The first-order valence-corrected chi connectivity index (χ1v) is 10.3. The molecule has 0 fully saturated rings.